The Morgan fingerprint density at radius 2 is 1.94 bits per heavy atom. The molecule has 0 aliphatic carbocycles. The summed E-state index contributed by atoms with van der Waals surface area (Å²) in [5.74, 6) is -0.694. The molecule has 0 saturated carbocycles. The zero-order valence-electron chi connectivity index (χ0n) is 11.1. The molecule has 0 aromatic rings. The molecule has 7 heteroatoms. The van der Waals surface area contributed by atoms with Gasteiger partial charge in [0.05, 0.1) is 13.2 Å². The van der Waals surface area contributed by atoms with E-state index < -0.39 is 18.0 Å². The lowest BCUT2D eigenvalue weighted by Gasteiger charge is -2.14. The van der Waals surface area contributed by atoms with Crippen LogP contribution in [0.5, 0.6) is 0 Å². The third-order valence-corrected chi connectivity index (χ3v) is 1.92. The van der Waals surface area contributed by atoms with Crippen molar-refractivity contribution in [3.8, 4) is 0 Å². The van der Waals surface area contributed by atoms with Gasteiger partial charge in [0.15, 0.2) is 6.04 Å². The van der Waals surface area contributed by atoms with E-state index >= 15 is 0 Å². The van der Waals surface area contributed by atoms with E-state index in [2.05, 4.69) is 15.4 Å². The van der Waals surface area contributed by atoms with E-state index in [-0.39, 0.29) is 6.61 Å². The van der Waals surface area contributed by atoms with Crippen molar-refractivity contribution in [2.75, 3.05) is 33.5 Å². The Kier molecular flexibility index (Phi) is 8.95. The molecule has 0 aliphatic heterocycles. The van der Waals surface area contributed by atoms with Crippen LogP contribution in [-0.2, 0) is 14.3 Å². The van der Waals surface area contributed by atoms with Crippen molar-refractivity contribution in [2.24, 2.45) is 5.92 Å². The number of rotatable bonds is 9. The zero-order chi connectivity index (χ0) is 14.0. The van der Waals surface area contributed by atoms with Crippen LogP contribution in [0.2, 0.25) is 0 Å². The molecule has 7 nitrogen and oxygen atoms in total. The number of carboxylic acids is 1. The van der Waals surface area contributed by atoms with Gasteiger partial charge in [-0.2, -0.15) is 0 Å². The average Bonchev–Trinajstić information content (AvgIpc) is 2.27. The topological polar surface area (TPSA) is 96.9 Å². The average molecular weight is 262 g/mol. The lowest BCUT2D eigenvalue weighted by atomic mass is 10.2. The van der Waals surface area contributed by atoms with Gasteiger partial charge in [-0.1, -0.05) is 13.8 Å². The van der Waals surface area contributed by atoms with E-state index in [1.165, 1.54) is 7.11 Å². The smallest absolute Gasteiger partial charge is 0.328 e. The number of methoxy groups -OCH3 is 1. The number of carbonyl (C=O) groups is 2. The molecule has 18 heavy (non-hydrogen) atoms. The monoisotopic (exact) mass is 262 g/mol. The Labute approximate surface area is 107 Å². The number of hydrogen-bond acceptors (Lipinski definition) is 4. The van der Waals surface area contributed by atoms with Crippen LogP contribution < -0.4 is 10.6 Å². The van der Waals surface area contributed by atoms with Crippen LogP contribution >= 0.6 is 0 Å². The van der Waals surface area contributed by atoms with Crippen LogP contribution in [0.3, 0.4) is 0 Å². The number of urea groups is 1. The summed E-state index contributed by atoms with van der Waals surface area (Å²) >= 11 is 0. The summed E-state index contributed by atoms with van der Waals surface area (Å²) in [6.07, 6.45) is 0. The standard InChI is InChI=1S/C11H22N2O5/c1-8(2)6-18-5-4-12-11(16)13-9(7-17-3)10(14)15/h8-9H,4-7H2,1-3H3,(H,14,15)(H2,12,13,16). The van der Waals surface area contributed by atoms with Crippen LogP contribution in [-0.4, -0.2) is 56.6 Å². The summed E-state index contributed by atoms with van der Waals surface area (Å²) in [7, 11) is 1.37. The highest BCUT2D eigenvalue weighted by Crippen LogP contribution is 1.91. The first-order chi connectivity index (χ1) is 8.47. The van der Waals surface area contributed by atoms with Crippen molar-refractivity contribution >= 4 is 12.0 Å². The molecule has 3 N–H and O–H groups in total. The summed E-state index contributed by atoms with van der Waals surface area (Å²) < 4.78 is 9.95. The number of nitrogens with one attached hydrogen (secondary N) is 2. The first-order valence-electron chi connectivity index (χ1n) is 5.81. The van der Waals surface area contributed by atoms with E-state index in [9.17, 15) is 9.59 Å². The minimum atomic E-state index is -1.14. The highest BCUT2D eigenvalue weighted by atomic mass is 16.5. The third kappa shape index (κ3) is 8.77. The normalized spacial score (nSPS) is 12.2. The van der Waals surface area contributed by atoms with Crippen molar-refractivity contribution in [1.82, 2.24) is 10.6 Å². The van der Waals surface area contributed by atoms with Gasteiger partial charge in [-0.3, -0.25) is 0 Å². The molecule has 0 spiro atoms. The second-order valence-electron chi connectivity index (χ2n) is 4.22. The Bertz CT molecular complexity index is 258. The van der Waals surface area contributed by atoms with Gasteiger partial charge in [0.1, 0.15) is 0 Å². The second kappa shape index (κ2) is 9.67. The summed E-state index contributed by atoms with van der Waals surface area (Å²) in [5, 5.41) is 13.6. The van der Waals surface area contributed by atoms with Gasteiger partial charge in [-0.25, -0.2) is 9.59 Å². The fourth-order valence-corrected chi connectivity index (χ4v) is 1.11. The van der Waals surface area contributed by atoms with Crippen molar-refractivity contribution in [3.05, 3.63) is 0 Å². The predicted molar refractivity (Wildman–Crippen MR) is 65.5 cm³/mol. The Hall–Kier alpha value is -1.34. The third-order valence-electron chi connectivity index (χ3n) is 1.92. The lowest BCUT2D eigenvalue weighted by Crippen LogP contribution is -2.48. The quantitative estimate of drug-likeness (QED) is 0.510. The van der Waals surface area contributed by atoms with Crippen LogP contribution in [0.25, 0.3) is 0 Å². The molecule has 0 saturated heterocycles. The molecule has 0 bridgehead atoms. The summed E-state index contributed by atoms with van der Waals surface area (Å²) in [6.45, 7) is 5.34. The molecule has 1 atom stereocenters. The Morgan fingerprint density at radius 1 is 1.28 bits per heavy atom. The maximum Gasteiger partial charge on any atom is 0.328 e. The van der Waals surface area contributed by atoms with Crippen molar-refractivity contribution < 1.29 is 24.2 Å². The van der Waals surface area contributed by atoms with Crippen molar-refractivity contribution in [2.45, 2.75) is 19.9 Å². The zero-order valence-corrected chi connectivity index (χ0v) is 11.1. The summed E-state index contributed by atoms with van der Waals surface area (Å²) in [6, 6.07) is -1.60. The van der Waals surface area contributed by atoms with Crippen molar-refractivity contribution in [3.63, 3.8) is 0 Å². The molecule has 0 aliphatic rings. The minimum absolute atomic E-state index is 0.0768. The summed E-state index contributed by atoms with van der Waals surface area (Å²) in [5.41, 5.74) is 0. The van der Waals surface area contributed by atoms with Gasteiger partial charge in [0, 0.05) is 20.3 Å². The van der Waals surface area contributed by atoms with Crippen LogP contribution in [0.4, 0.5) is 4.79 Å². The number of amides is 2. The first-order valence-corrected chi connectivity index (χ1v) is 5.81. The fourth-order valence-electron chi connectivity index (χ4n) is 1.11. The van der Waals surface area contributed by atoms with Crippen molar-refractivity contribution in [1.29, 1.82) is 0 Å². The molecule has 0 aromatic carbocycles. The van der Waals surface area contributed by atoms with Gasteiger partial charge in [0.2, 0.25) is 0 Å². The SMILES string of the molecule is COCC(NC(=O)NCCOCC(C)C)C(=O)O. The summed E-state index contributed by atoms with van der Waals surface area (Å²) in [4.78, 5) is 22.1. The van der Waals surface area contributed by atoms with E-state index in [0.717, 1.165) is 0 Å². The molecule has 0 fully saturated rings. The highest BCUT2D eigenvalue weighted by molar-refractivity contribution is 5.82. The first kappa shape index (κ1) is 16.7. The predicted octanol–water partition coefficient (Wildman–Crippen LogP) is 0.0578. The van der Waals surface area contributed by atoms with E-state index in [1.807, 2.05) is 13.8 Å². The maximum atomic E-state index is 11.3. The van der Waals surface area contributed by atoms with E-state index in [0.29, 0.717) is 25.7 Å². The number of hydrogen-bond donors (Lipinski definition) is 3. The number of aliphatic carboxylic acids is 1. The van der Waals surface area contributed by atoms with Gasteiger partial charge in [-0.05, 0) is 5.92 Å². The molecule has 0 heterocycles. The van der Waals surface area contributed by atoms with E-state index in [1.54, 1.807) is 0 Å². The molecular formula is C11H22N2O5. The minimum Gasteiger partial charge on any atom is -0.480 e. The molecule has 0 rings (SSSR count). The Morgan fingerprint density at radius 3 is 2.44 bits per heavy atom. The molecular weight excluding hydrogens is 240 g/mol. The van der Waals surface area contributed by atoms with Gasteiger partial charge >= 0.3 is 12.0 Å². The molecule has 0 radical (unpaired) electrons. The van der Waals surface area contributed by atoms with Gasteiger partial charge in [-0.15, -0.1) is 0 Å². The Balaban J connectivity index is 3.71. The lowest BCUT2D eigenvalue weighted by molar-refractivity contribution is -0.140. The molecule has 1 unspecified atom stereocenters. The fraction of sp³-hybridized carbons (Fsp3) is 0.818. The van der Waals surface area contributed by atoms with Crippen LogP contribution in [0.15, 0.2) is 0 Å². The number of carbonyl (C=O) groups excluding carboxylic acids is 1. The number of ether oxygens (including phenoxy) is 2. The largest absolute Gasteiger partial charge is 0.480 e. The highest BCUT2D eigenvalue weighted by Gasteiger charge is 2.19. The molecule has 2 amide bonds. The van der Waals surface area contributed by atoms with E-state index in [4.69, 9.17) is 9.84 Å². The molecule has 106 valence electrons. The van der Waals surface area contributed by atoms with Gasteiger partial charge in [0.25, 0.3) is 0 Å². The second-order valence-corrected chi connectivity index (χ2v) is 4.22. The number of carboxylic acid groups (broad SMARTS) is 1. The van der Waals surface area contributed by atoms with Crippen LogP contribution in [0, 0.1) is 5.92 Å². The molecule has 0 aromatic heterocycles. The van der Waals surface area contributed by atoms with Gasteiger partial charge < -0.3 is 25.2 Å². The maximum absolute atomic E-state index is 11.3. The van der Waals surface area contributed by atoms with Crippen LogP contribution in [0.1, 0.15) is 13.8 Å².